The average Bonchev–Trinajstić information content (AvgIpc) is 2.43. The summed E-state index contributed by atoms with van der Waals surface area (Å²) in [5.74, 6) is 0. The molecule has 1 aromatic rings. The van der Waals surface area contributed by atoms with Crippen molar-refractivity contribution < 1.29 is 0 Å². The lowest BCUT2D eigenvalue weighted by Gasteiger charge is -2.28. The van der Waals surface area contributed by atoms with Crippen LogP contribution < -0.4 is 0 Å². The normalized spacial score (nSPS) is 14.4. The third-order valence-electron chi connectivity index (χ3n) is 3.87. The van der Waals surface area contributed by atoms with Gasteiger partial charge in [-0.1, -0.05) is 58.2 Å². The maximum Gasteiger partial charge on any atom is 0.187 e. The second kappa shape index (κ2) is 7.78. The average molecular weight is 266 g/mol. The van der Waals surface area contributed by atoms with Crippen molar-refractivity contribution >= 4 is 11.8 Å². The molecule has 3 heteroatoms. The molecule has 0 fully saturated rings. The first-order chi connectivity index (χ1) is 8.66. The third kappa shape index (κ3) is 4.27. The maximum atomic E-state index is 4.41. The Morgan fingerprint density at radius 1 is 1.11 bits per heavy atom. The van der Waals surface area contributed by atoms with Crippen LogP contribution in [0, 0.1) is 0 Å². The number of aromatic nitrogens is 2. The summed E-state index contributed by atoms with van der Waals surface area (Å²) in [6.45, 7) is 6.87. The fourth-order valence-electron chi connectivity index (χ4n) is 2.20. The highest BCUT2D eigenvalue weighted by molar-refractivity contribution is 7.98. The zero-order valence-electron chi connectivity index (χ0n) is 12.2. The monoisotopic (exact) mass is 266 g/mol. The summed E-state index contributed by atoms with van der Waals surface area (Å²) in [6, 6.07) is 0. The molecule has 1 aromatic heterocycles. The number of hydrogen-bond acceptors (Lipinski definition) is 3. The molecule has 1 rings (SSSR count). The van der Waals surface area contributed by atoms with E-state index in [0.29, 0.717) is 0 Å². The van der Waals surface area contributed by atoms with Crippen molar-refractivity contribution in [1.29, 1.82) is 0 Å². The predicted octanol–water partition coefficient (Wildman–Crippen LogP) is 4.84. The maximum absolute atomic E-state index is 4.41. The van der Waals surface area contributed by atoms with E-state index in [1.165, 1.54) is 37.7 Å². The molecule has 0 N–H and O–H groups in total. The summed E-state index contributed by atoms with van der Waals surface area (Å²) in [5.41, 5.74) is 1.53. The Morgan fingerprint density at radius 2 is 1.78 bits per heavy atom. The van der Waals surface area contributed by atoms with Crippen LogP contribution in [0.4, 0.5) is 0 Å². The van der Waals surface area contributed by atoms with Crippen LogP contribution in [0.1, 0.15) is 64.9 Å². The molecule has 0 bridgehead atoms. The van der Waals surface area contributed by atoms with Gasteiger partial charge in [0.1, 0.15) is 0 Å². The molecule has 0 radical (unpaired) electrons. The molecule has 0 aliphatic heterocycles. The molecular formula is C15H26N2S. The summed E-state index contributed by atoms with van der Waals surface area (Å²) in [5, 5.41) is 0.864. The van der Waals surface area contributed by atoms with Crippen LogP contribution in [0.3, 0.4) is 0 Å². The van der Waals surface area contributed by atoms with E-state index in [9.17, 15) is 0 Å². The van der Waals surface area contributed by atoms with Gasteiger partial charge in [-0.15, -0.1) is 0 Å². The molecule has 0 saturated carbocycles. The number of nitrogens with zero attached hydrogens (tertiary/aromatic N) is 2. The second-order valence-electron chi connectivity index (χ2n) is 5.18. The van der Waals surface area contributed by atoms with Crippen LogP contribution in [0.2, 0.25) is 0 Å². The van der Waals surface area contributed by atoms with E-state index in [2.05, 4.69) is 30.7 Å². The van der Waals surface area contributed by atoms with Crippen molar-refractivity contribution in [3.63, 3.8) is 0 Å². The van der Waals surface area contributed by atoms with Crippen LogP contribution in [-0.4, -0.2) is 16.2 Å². The first kappa shape index (κ1) is 15.5. The Kier molecular flexibility index (Phi) is 6.69. The molecule has 0 saturated heterocycles. The van der Waals surface area contributed by atoms with E-state index < -0.39 is 0 Å². The third-order valence-corrected chi connectivity index (χ3v) is 4.45. The number of rotatable bonds is 8. The first-order valence-corrected chi connectivity index (χ1v) is 8.25. The molecule has 0 amide bonds. The van der Waals surface area contributed by atoms with Gasteiger partial charge >= 0.3 is 0 Å². The van der Waals surface area contributed by atoms with Gasteiger partial charge in [0.15, 0.2) is 5.16 Å². The zero-order valence-corrected chi connectivity index (χ0v) is 13.0. The Labute approximate surface area is 116 Å². The fraction of sp³-hybridized carbons (Fsp3) is 0.733. The molecule has 1 unspecified atom stereocenters. The minimum atomic E-state index is 0.241. The van der Waals surface area contributed by atoms with E-state index >= 15 is 0 Å². The number of unbranched alkanes of at least 4 members (excludes halogenated alkanes) is 3. The van der Waals surface area contributed by atoms with Gasteiger partial charge in [0.25, 0.3) is 0 Å². The van der Waals surface area contributed by atoms with E-state index in [1.807, 2.05) is 18.6 Å². The van der Waals surface area contributed by atoms with Gasteiger partial charge in [0.05, 0.1) is 0 Å². The zero-order chi connectivity index (χ0) is 13.4. The molecule has 18 heavy (non-hydrogen) atoms. The number of hydrogen-bond donors (Lipinski definition) is 0. The summed E-state index contributed by atoms with van der Waals surface area (Å²) >= 11 is 1.60. The molecule has 0 aliphatic carbocycles. The van der Waals surface area contributed by atoms with Crippen LogP contribution in [-0.2, 0) is 5.41 Å². The van der Waals surface area contributed by atoms with Gasteiger partial charge in [-0.05, 0) is 30.1 Å². The topological polar surface area (TPSA) is 25.8 Å². The van der Waals surface area contributed by atoms with Crippen molar-refractivity contribution in [2.24, 2.45) is 0 Å². The van der Waals surface area contributed by atoms with Gasteiger partial charge in [0, 0.05) is 12.4 Å². The van der Waals surface area contributed by atoms with E-state index in [4.69, 9.17) is 0 Å². The van der Waals surface area contributed by atoms with Gasteiger partial charge in [0.2, 0.25) is 0 Å². The van der Waals surface area contributed by atoms with Gasteiger partial charge in [-0.25, -0.2) is 9.97 Å². The highest BCUT2D eigenvalue weighted by atomic mass is 32.2. The minimum Gasteiger partial charge on any atom is -0.231 e. The van der Waals surface area contributed by atoms with Gasteiger partial charge < -0.3 is 0 Å². The highest BCUT2D eigenvalue weighted by Gasteiger charge is 2.24. The Balaban J connectivity index is 2.66. The highest BCUT2D eigenvalue weighted by Crippen LogP contribution is 2.32. The lowest BCUT2D eigenvalue weighted by atomic mass is 9.77. The standard InChI is InChI=1S/C15H26N2S/c1-5-7-8-9-10-15(3,6-2)13-11-16-14(18-4)17-12-13/h11-12H,5-10H2,1-4H3. The molecule has 1 atom stereocenters. The minimum absolute atomic E-state index is 0.241. The molecule has 0 spiro atoms. The number of thioether (sulfide) groups is 1. The van der Waals surface area contributed by atoms with Crippen LogP contribution >= 0.6 is 11.8 Å². The fourth-order valence-corrected chi connectivity index (χ4v) is 2.52. The van der Waals surface area contributed by atoms with Crippen molar-refractivity contribution in [2.45, 2.75) is 69.9 Å². The summed E-state index contributed by atoms with van der Waals surface area (Å²) < 4.78 is 0. The van der Waals surface area contributed by atoms with E-state index in [0.717, 1.165) is 11.6 Å². The van der Waals surface area contributed by atoms with E-state index in [1.54, 1.807) is 11.8 Å². The Bertz CT molecular complexity index is 337. The van der Waals surface area contributed by atoms with Crippen LogP contribution in [0.15, 0.2) is 17.6 Å². The van der Waals surface area contributed by atoms with Gasteiger partial charge in [-0.3, -0.25) is 0 Å². The van der Waals surface area contributed by atoms with Crippen LogP contribution in [0.25, 0.3) is 0 Å². The van der Waals surface area contributed by atoms with Crippen molar-refractivity contribution in [1.82, 2.24) is 9.97 Å². The van der Waals surface area contributed by atoms with E-state index in [-0.39, 0.29) is 5.41 Å². The summed E-state index contributed by atoms with van der Waals surface area (Å²) in [6.07, 6.45) is 13.7. The first-order valence-electron chi connectivity index (χ1n) is 7.02. The lowest BCUT2D eigenvalue weighted by molar-refractivity contribution is 0.393. The molecule has 102 valence electrons. The molecule has 2 nitrogen and oxygen atoms in total. The SMILES string of the molecule is CCCCCCC(C)(CC)c1cnc(SC)nc1. The molecule has 0 aliphatic rings. The smallest absolute Gasteiger partial charge is 0.187 e. The predicted molar refractivity (Wildman–Crippen MR) is 80.2 cm³/mol. The molecule has 1 heterocycles. The van der Waals surface area contributed by atoms with Crippen molar-refractivity contribution in [2.75, 3.05) is 6.26 Å². The second-order valence-corrected chi connectivity index (χ2v) is 5.96. The quantitative estimate of drug-likeness (QED) is 0.382. The lowest BCUT2D eigenvalue weighted by Crippen LogP contribution is -2.21. The Hall–Kier alpha value is -0.570. The molecule has 0 aromatic carbocycles. The summed E-state index contributed by atoms with van der Waals surface area (Å²) in [7, 11) is 0. The largest absolute Gasteiger partial charge is 0.231 e. The Morgan fingerprint density at radius 3 is 2.28 bits per heavy atom. The van der Waals surface area contributed by atoms with Crippen molar-refractivity contribution in [3.05, 3.63) is 18.0 Å². The molecular weight excluding hydrogens is 240 g/mol. The summed E-state index contributed by atoms with van der Waals surface area (Å²) in [4.78, 5) is 8.81. The van der Waals surface area contributed by atoms with Gasteiger partial charge in [-0.2, -0.15) is 0 Å². The van der Waals surface area contributed by atoms with Crippen molar-refractivity contribution in [3.8, 4) is 0 Å². The van der Waals surface area contributed by atoms with Crippen LogP contribution in [0.5, 0.6) is 0 Å².